The lowest BCUT2D eigenvalue weighted by Gasteiger charge is -2.07. The lowest BCUT2D eigenvalue weighted by Crippen LogP contribution is -2.00. The van der Waals surface area contributed by atoms with Crippen molar-refractivity contribution in [2.75, 3.05) is 5.73 Å². The minimum Gasteiger partial charge on any atom is -0.390 e. The van der Waals surface area contributed by atoms with E-state index in [9.17, 15) is 0 Å². The van der Waals surface area contributed by atoms with E-state index in [1.54, 1.807) is 11.3 Å². The smallest absolute Gasteiger partial charge is 0.144 e. The molecule has 0 aliphatic carbocycles. The van der Waals surface area contributed by atoms with Crippen molar-refractivity contribution in [3.8, 4) is 11.4 Å². The van der Waals surface area contributed by atoms with E-state index in [0.717, 1.165) is 34.9 Å². The van der Waals surface area contributed by atoms with Crippen molar-refractivity contribution in [1.82, 2.24) is 9.55 Å². The summed E-state index contributed by atoms with van der Waals surface area (Å²) in [7, 11) is 0. The lowest BCUT2D eigenvalue weighted by molar-refractivity contribution is 0.704. The van der Waals surface area contributed by atoms with Crippen LogP contribution in [0.4, 0.5) is 5.00 Å². The van der Waals surface area contributed by atoms with Gasteiger partial charge in [-0.25, -0.2) is 4.98 Å². The van der Waals surface area contributed by atoms with E-state index in [2.05, 4.69) is 49.6 Å². The number of aryl methyl sites for hydroxylation is 3. The first-order valence-corrected chi connectivity index (χ1v) is 7.75. The summed E-state index contributed by atoms with van der Waals surface area (Å²) in [5.41, 5.74) is 10.7. The fourth-order valence-electron chi connectivity index (χ4n) is 2.60. The van der Waals surface area contributed by atoms with Crippen LogP contribution in [0.3, 0.4) is 0 Å². The molecule has 20 heavy (non-hydrogen) atoms. The molecule has 104 valence electrons. The van der Waals surface area contributed by atoms with Gasteiger partial charge in [-0.1, -0.05) is 13.0 Å². The molecule has 0 bridgehead atoms. The second-order valence-corrected chi connectivity index (χ2v) is 6.50. The van der Waals surface area contributed by atoms with Gasteiger partial charge in [0.1, 0.15) is 5.82 Å². The molecule has 0 aliphatic heterocycles. The molecule has 2 aromatic heterocycles. The summed E-state index contributed by atoms with van der Waals surface area (Å²) in [6.07, 6.45) is 1.08. The Morgan fingerprint density at radius 2 is 2.05 bits per heavy atom. The zero-order chi connectivity index (χ0) is 14.3. The number of thiophene rings is 1. The minimum atomic E-state index is 0.854. The van der Waals surface area contributed by atoms with Crippen LogP contribution in [-0.2, 0) is 6.54 Å². The molecule has 0 saturated heterocycles. The Morgan fingerprint density at radius 1 is 1.25 bits per heavy atom. The average molecular weight is 285 g/mol. The second-order valence-electron chi connectivity index (χ2n) is 5.21. The Kier molecular flexibility index (Phi) is 3.26. The van der Waals surface area contributed by atoms with Gasteiger partial charge in [-0.15, -0.1) is 11.3 Å². The molecule has 0 amide bonds. The highest BCUT2D eigenvalue weighted by atomic mass is 32.1. The average Bonchev–Trinajstić information content (AvgIpc) is 2.90. The van der Waals surface area contributed by atoms with Crippen LogP contribution in [-0.4, -0.2) is 9.55 Å². The van der Waals surface area contributed by atoms with Crippen LogP contribution in [0.1, 0.15) is 23.8 Å². The van der Waals surface area contributed by atoms with Gasteiger partial charge in [-0.2, -0.15) is 0 Å². The summed E-state index contributed by atoms with van der Waals surface area (Å²) in [5, 5.41) is 0.854. The number of imidazole rings is 1. The zero-order valence-electron chi connectivity index (χ0n) is 12.1. The van der Waals surface area contributed by atoms with Crippen molar-refractivity contribution in [1.29, 1.82) is 0 Å². The van der Waals surface area contributed by atoms with Crippen molar-refractivity contribution in [2.45, 2.75) is 33.7 Å². The molecule has 2 heterocycles. The standard InChI is InChI=1S/C16H19N3S/c1-4-7-19-14-6-5-10(2)8-13(14)18-16(19)12-9-11(3)20-15(12)17/h5-6,8-9H,4,7,17H2,1-3H3. The van der Waals surface area contributed by atoms with Crippen molar-refractivity contribution in [2.24, 2.45) is 0 Å². The SMILES string of the molecule is CCCn1c(-c2cc(C)sc2N)nc2cc(C)ccc21. The maximum atomic E-state index is 6.16. The number of benzene rings is 1. The van der Waals surface area contributed by atoms with Gasteiger partial charge in [-0.3, -0.25) is 0 Å². The van der Waals surface area contributed by atoms with Gasteiger partial charge in [0.25, 0.3) is 0 Å². The van der Waals surface area contributed by atoms with E-state index in [1.165, 1.54) is 16.0 Å². The lowest BCUT2D eigenvalue weighted by atomic mass is 10.2. The molecule has 4 heteroatoms. The Bertz CT molecular complexity index is 767. The van der Waals surface area contributed by atoms with Gasteiger partial charge in [0, 0.05) is 11.4 Å². The number of rotatable bonds is 3. The third-order valence-corrected chi connectivity index (χ3v) is 4.36. The first kappa shape index (κ1) is 13.2. The van der Waals surface area contributed by atoms with Crippen LogP contribution in [0, 0.1) is 13.8 Å². The number of fused-ring (bicyclic) bond motifs is 1. The molecule has 3 aromatic rings. The highest BCUT2D eigenvalue weighted by Crippen LogP contribution is 2.35. The van der Waals surface area contributed by atoms with Crippen LogP contribution in [0.25, 0.3) is 22.4 Å². The molecule has 2 N–H and O–H groups in total. The Labute approximate surface area is 123 Å². The maximum absolute atomic E-state index is 6.16. The van der Waals surface area contributed by atoms with E-state index < -0.39 is 0 Å². The molecule has 3 rings (SSSR count). The number of hydrogen-bond acceptors (Lipinski definition) is 3. The quantitative estimate of drug-likeness (QED) is 0.776. The molecule has 3 nitrogen and oxygen atoms in total. The van der Waals surface area contributed by atoms with Gasteiger partial charge in [0.05, 0.1) is 21.6 Å². The summed E-state index contributed by atoms with van der Waals surface area (Å²) < 4.78 is 2.28. The molecule has 0 spiro atoms. The Morgan fingerprint density at radius 3 is 2.70 bits per heavy atom. The molecule has 0 fully saturated rings. The topological polar surface area (TPSA) is 43.8 Å². The molecule has 1 aromatic carbocycles. The third kappa shape index (κ3) is 2.10. The summed E-state index contributed by atoms with van der Waals surface area (Å²) >= 11 is 1.63. The first-order chi connectivity index (χ1) is 9.60. The second kappa shape index (κ2) is 4.94. The zero-order valence-corrected chi connectivity index (χ0v) is 12.9. The first-order valence-electron chi connectivity index (χ1n) is 6.93. The van der Waals surface area contributed by atoms with E-state index in [1.807, 2.05) is 0 Å². The number of aromatic nitrogens is 2. The predicted molar refractivity (Wildman–Crippen MR) is 87.2 cm³/mol. The van der Waals surface area contributed by atoms with Crippen LogP contribution in [0.2, 0.25) is 0 Å². The van der Waals surface area contributed by atoms with Crippen LogP contribution >= 0.6 is 11.3 Å². The van der Waals surface area contributed by atoms with Crippen LogP contribution in [0.15, 0.2) is 24.3 Å². The fraction of sp³-hybridized carbons (Fsp3) is 0.312. The van der Waals surface area contributed by atoms with Crippen LogP contribution in [0.5, 0.6) is 0 Å². The number of nitrogens with zero attached hydrogens (tertiary/aromatic N) is 2. The minimum absolute atomic E-state index is 0.854. The Balaban J connectivity index is 2.28. The predicted octanol–water partition coefficient (Wildman–Crippen LogP) is 4.37. The number of anilines is 1. The van der Waals surface area contributed by atoms with Crippen molar-refractivity contribution in [3.63, 3.8) is 0 Å². The fourth-order valence-corrected chi connectivity index (χ4v) is 3.39. The monoisotopic (exact) mass is 285 g/mol. The summed E-state index contributed by atoms with van der Waals surface area (Å²) in [4.78, 5) is 6.05. The molecule has 0 saturated carbocycles. The van der Waals surface area contributed by atoms with Gasteiger partial charge < -0.3 is 10.3 Å². The number of nitrogen functional groups attached to an aromatic ring is 1. The highest BCUT2D eigenvalue weighted by molar-refractivity contribution is 7.16. The Hall–Kier alpha value is -1.81. The van der Waals surface area contributed by atoms with Gasteiger partial charge in [0.2, 0.25) is 0 Å². The third-order valence-electron chi connectivity index (χ3n) is 3.48. The van der Waals surface area contributed by atoms with E-state index in [0.29, 0.717) is 0 Å². The van der Waals surface area contributed by atoms with E-state index >= 15 is 0 Å². The summed E-state index contributed by atoms with van der Waals surface area (Å²) in [6, 6.07) is 8.58. The molecular formula is C16H19N3S. The largest absolute Gasteiger partial charge is 0.390 e. The molecule has 0 atom stereocenters. The van der Waals surface area contributed by atoms with Gasteiger partial charge in [-0.05, 0) is 44.0 Å². The van der Waals surface area contributed by atoms with Crippen molar-refractivity contribution >= 4 is 27.4 Å². The molecular weight excluding hydrogens is 266 g/mol. The maximum Gasteiger partial charge on any atom is 0.144 e. The van der Waals surface area contributed by atoms with Crippen LogP contribution < -0.4 is 5.73 Å². The summed E-state index contributed by atoms with van der Waals surface area (Å²) in [5.74, 6) is 0.995. The van der Waals surface area contributed by atoms with Crippen molar-refractivity contribution < 1.29 is 0 Å². The molecule has 0 aliphatic rings. The number of nitrogens with two attached hydrogens (primary N) is 1. The van der Waals surface area contributed by atoms with Gasteiger partial charge in [0.15, 0.2) is 0 Å². The normalized spacial score (nSPS) is 11.3. The van der Waals surface area contributed by atoms with E-state index in [-0.39, 0.29) is 0 Å². The van der Waals surface area contributed by atoms with E-state index in [4.69, 9.17) is 10.7 Å². The highest BCUT2D eigenvalue weighted by Gasteiger charge is 2.16. The van der Waals surface area contributed by atoms with Gasteiger partial charge >= 0.3 is 0 Å². The molecule has 0 radical (unpaired) electrons. The van der Waals surface area contributed by atoms with Crippen molar-refractivity contribution in [3.05, 3.63) is 34.7 Å². The summed E-state index contributed by atoms with van der Waals surface area (Å²) in [6.45, 7) is 7.33. The number of hydrogen-bond donors (Lipinski definition) is 1. The molecule has 0 unspecified atom stereocenters.